The molecule has 260 valence electrons. The fraction of sp³-hybridized carbons (Fsp3) is 0.0200. The molecule has 0 aliphatic carbocycles. The molecule has 0 fully saturated rings. The van der Waals surface area contributed by atoms with E-state index in [4.69, 9.17) is 9.40 Å². The number of furan rings is 1. The quantitative estimate of drug-likeness (QED) is 0.126. The third-order valence-electron chi connectivity index (χ3n) is 11.2. The van der Waals surface area contributed by atoms with Crippen LogP contribution in [0.1, 0.15) is 5.82 Å². The lowest BCUT2D eigenvalue weighted by Crippen LogP contribution is -2.74. The minimum Gasteiger partial charge on any atom is -0.456 e. The Morgan fingerprint density at radius 3 is 1.93 bits per heavy atom. The molecule has 10 aromatic rings. The molecule has 2 aromatic heterocycles. The fourth-order valence-corrected chi connectivity index (χ4v) is 14.6. The Bertz CT molecular complexity index is 3020. The van der Waals surface area contributed by atoms with E-state index >= 15 is 0 Å². The molecule has 0 unspecified atom stereocenters. The van der Waals surface area contributed by atoms with Crippen molar-refractivity contribution in [2.75, 3.05) is 0 Å². The second kappa shape index (κ2) is 12.9. The molecule has 0 bridgehead atoms. The lowest BCUT2D eigenvalue weighted by molar-refractivity contribution is 0.669. The van der Waals surface area contributed by atoms with E-state index in [1.165, 1.54) is 53.6 Å². The number of hydrogen-bond acceptors (Lipinski definition) is 3. The maximum absolute atomic E-state index is 6.35. The Hall–Kier alpha value is -6.40. The van der Waals surface area contributed by atoms with E-state index in [9.17, 15) is 0 Å². The number of aromatic nitrogens is 2. The van der Waals surface area contributed by atoms with E-state index in [0.717, 1.165) is 44.5 Å². The third-order valence-corrected chi connectivity index (χ3v) is 17.1. The van der Waals surface area contributed by atoms with E-state index in [1.807, 2.05) is 17.8 Å². The maximum atomic E-state index is 6.35. The molecule has 0 N–H and O–H groups in total. The first-order valence-electron chi connectivity index (χ1n) is 18.7. The predicted octanol–water partition coefficient (Wildman–Crippen LogP) is 10.2. The molecule has 0 atom stereocenters. The molecule has 0 amide bonds. The highest BCUT2D eigenvalue weighted by atomic mass is 32.2. The number of hydrogen-bond donors (Lipinski definition) is 0. The third kappa shape index (κ3) is 5.08. The van der Waals surface area contributed by atoms with Gasteiger partial charge in [0.2, 0.25) is 0 Å². The topological polar surface area (TPSA) is 31.0 Å². The summed E-state index contributed by atoms with van der Waals surface area (Å²) in [5, 5.41) is 7.65. The summed E-state index contributed by atoms with van der Waals surface area (Å²) in [5.74, 6) is 1.96. The smallest absolute Gasteiger partial charge is 0.179 e. The van der Waals surface area contributed by atoms with E-state index in [2.05, 4.69) is 193 Å². The number of imidazole rings is 1. The van der Waals surface area contributed by atoms with Crippen molar-refractivity contribution in [2.24, 2.45) is 0 Å². The van der Waals surface area contributed by atoms with Crippen molar-refractivity contribution in [3.05, 3.63) is 200 Å². The number of thioether (sulfide) groups is 1. The van der Waals surface area contributed by atoms with Gasteiger partial charge in [-0.05, 0) is 79.4 Å². The highest BCUT2D eigenvalue weighted by Gasteiger charge is 2.41. The van der Waals surface area contributed by atoms with Crippen molar-refractivity contribution in [1.82, 2.24) is 9.55 Å². The number of rotatable bonds is 6. The van der Waals surface area contributed by atoms with Crippen molar-refractivity contribution < 1.29 is 4.42 Å². The van der Waals surface area contributed by atoms with E-state index < -0.39 is 8.07 Å². The second-order valence-corrected chi connectivity index (χ2v) is 19.1. The van der Waals surface area contributed by atoms with Crippen LogP contribution in [-0.4, -0.2) is 17.6 Å². The molecule has 11 rings (SSSR count). The molecule has 0 saturated carbocycles. The zero-order valence-electron chi connectivity index (χ0n) is 29.9. The second-order valence-electron chi connectivity index (χ2n) is 14.2. The highest BCUT2D eigenvalue weighted by Crippen LogP contribution is 2.39. The summed E-state index contributed by atoms with van der Waals surface area (Å²) in [5.41, 5.74) is 9.95. The van der Waals surface area contributed by atoms with Gasteiger partial charge in [-0.3, -0.25) is 4.57 Å². The normalized spacial score (nSPS) is 12.6. The van der Waals surface area contributed by atoms with Gasteiger partial charge >= 0.3 is 0 Å². The largest absolute Gasteiger partial charge is 0.456 e. The zero-order chi connectivity index (χ0) is 36.3. The molecular weight excluding hydrogens is 705 g/mol. The lowest BCUT2D eigenvalue weighted by atomic mass is 9.99. The number of para-hydroxylation sites is 2. The summed E-state index contributed by atoms with van der Waals surface area (Å²) < 4.78 is 8.70. The van der Waals surface area contributed by atoms with Crippen LogP contribution < -0.4 is 20.7 Å². The van der Waals surface area contributed by atoms with Crippen LogP contribution in [0.2, 0.25) is 0 Å². The summed E-state index contributed by atoms with van der Waals surface area (Å²) in [4.78, 5) is 6.37. The number of benzene rings is 8. The lowest BCUT2D eigenvalue weighted by Gasteiger charge is -2.35. The number of nitrogens with zero attached hydrogens (tertiary/aromatic N) is 2. The van der Waals surface area contributed by atoms with Crippen molar-refractivity contribution in [1.29, 1.82) is 0 Å². The van der Waals surface area contributed by atoms with Crippen LogP contribution in [-0.2, 0) is 5.75 Å². The van der Waals surface area contributed by atoms with E-state index in [0.29, 0.717) is 0 Å². The van der Waals surface area contributed by atoms with Crippen molar-refractivity contribution >= 4 is 73.6 Å². The van der Waals surface area contributed by atoms with Gasteiger partial charge in [-0.15, -0.1) is 11.8 Å². The van der Waals surface area contributed by atoms with Gasteiger partial charge in [-0.2, -0.15) is 0 Å². The fourth-order valence-electron chi connectivity index (χ4n) is 8.82. The van der Waals surface area contributed by atoms with Gasteiger partial charge < -0.3 is 4.42 Å². The van der Waals surface area contributed by atoms with E-state index in [1.54, 1.807) is 0 Å². The molecule has 3 nitrogen and oxygen atoms in total. The van der Waals surface area contributed by atoms with Gasteiger partial charge in [0.05, 0.1) is 22.5 Å². The summed E-state index contributed by atoms with van der Waals surface area (Å²) >= 11 is 1.86. The van der Waals surface area contributed by atoms with Crippen molar-refractivity contribution in [3.63, 3.8) is 0 Å². The minimum atomic E-state index is -2.89. The Morgan fingerprint density at radius 2 is 1.13 bits per heavy atom. The SMILES string of the molecule is c1ccc([Si](c2ccccc2)(c2cccc(-c3ccc4nc5n(c4c3)-c3ccccc3SC5)c2)c2cccc(-c3cccc4oc5ccccc5c34)c2)cc1. The number of fused-ring (bicyclic) bond motifs is 8. The molecule has 0 radical (unpaired) electrons. The molecule has 1 aliphatic rings. The molecule has 5 heteroatoms. The average molecular weight is 739 g/mol. The standard InChI is InChI=1S/C50H34N2OSSi/c1-3-16-37(17-4-1)55(38-18-5-2-6-19-38,40-21-12-15-36(31-40)41-23-13-26-47-50(41)42-22-7-9-25-46(42)53-47)39-20-11-14-34(30-39)35-28-29-43-45(32-35)52-44-24-8-10-27-48(44)54-33-49(52)51-43/h1-32H,33H2. The van der Waals surface area contributed by atoms with Crippen LogP contribution in [0.25, 0.3) is 60.9 Å². The van der Waals surface area contributed by atoms with Crippen LogP contribution in [0.4, 0.5) is 0 Å². The van der Waals surface area contributed by atoms with Gasteiger partial charge in [-0.1, -0.05) is 158 Å². The zero-order valence-corrected chi connectivity index (χ0v) is 31.7. The molecular formula is C50H34N2OSSi. The van der Waals surface area contributed by atoms with Gasteiger partial charge in [0.25, 0.3) is 0 Å². The van der Waals surface area contributed by atoms with Crippen LogP contribution >= 0.6 is 11.8 Å². The first-order valence-corrected chi connectivity index (χ1v) is 21.7. The van der Waals surface area contributed by atoms with Crippen molar-refractivity contribution in [2.45, 2.75) is 10.6 Å². The molecule has 8 aromatic carbocycles. The Balaban J connectivity index is 1.14. The van der Waals surface area contributed by atoms with Crippen molar-refractivity contribution in [3.8, 4) is 27.9 Å². The van der Waals surface area contributed by atoms with Gasteiger partial charge in [0, 0.05) is 15.7 Å². The molecule has 0 saturated heterocycles. The summed E-state index contributed by atoms with van der Waals surface area (Å²) in [6.45, 7) is 0. The molecule has 1 aliphatic heterocycles. The van der Waals surface area contributed by atoms with Gasteiger partial charge in [-0.25, -0.2) is 4.98 Å². The van der Waals surface area contributed by atoms with Crippen LogP contribution in [0.5, 0.6) is 0 Å². The molecule has 55 heavy (non-hydrogen) atoms. The van der Waals surface area contributed by atoms with Crippen LogP contribution in [0.15, 0.2) is 203 Å². The van der Waals surface area contributed by atoms with Crippen LogP contribution in [0.3, 0.4) is 0 Å². The highest BCUT2D eigenvalue weighted by molar-refractivity contribution is 7.98. The maximum Gasteiger partial charge on any atom is 0.179 e. The first-order chi connectivity index (χ1) is 27.3. The van der Waals surface area contributed by atoms with Gasteiger partial charge in [0.15, 0.2) is 8.07 Å². The Labute approximate surface area is 324 Å². The monoisotopic (exact) mass is 738 g/mol. The van der Waals surface area contributed by atoms with Gasteiger partial charge in [0.1, 0.15) is 17.0 Å². The predicted molar refractivity (Wildman–Crippen MR) is 232 cm³/mol. The summed E-state index contributed by atoms with van der Waals surface area (Å²) in [6.07, 6.45) is 0. The van der Waals surface area contributed by atoms with E-state index in [-0.39, 0.29) is 0 Å². The van der Waals surface area contributed by atoms with Crippen LogP contribution in [0, 0.1) is 0 Å². The average Bonchev–Trinajstić information content (AvgIpc) is 3.84. The first kappa shape index (κ1) is 32.1. The molecule has 0 spiro atoms. The summed E-state index contributed by atoms with van der Waals surface area (Å²) in [6, 6.07) is 71.3. The molecule has 3 heterocycles. The minimum absolute atomic E-state index is 0.864. The Morgan fingerprint density at radius 1 is 0.509 bits per heavy atom. The Kier molecular flexibility index (Phi) is 7.51. The summed E-state index contributed by atoms with van der Waals surface area (Å²) in [7, 11) is -2.89.